The van der Waals surface area contributed by atoms with Gasteiger partial charge in [-0.3, -0.25) is 4.79 Å². The van der Waals surface area contributed by atoms with E-state index in [1.165, 1.54) is 0 Å². The number of carbonyl (C=O) groups excluding carboxylic acids is 1. The highest BCUT2D eigenvalue weighted by Gasteiger charge is 2.28. The van der Waals surface area contributed by atoms with Gasteiger partial charge >= 0.3 is 0 Å². The molecule has 21 heavy (non-hydrogen) atoms. The van der Waals surface area contributed by atoms with Crippen molar-refractivity contribution in [2.24, 2.45) is 0 Å². The van der Waals surface area contributed by atoms with E-state index in [-0.39, 0.29) is 5.91 Å². The first-order chi connectivity index (χ1) is 10.2. The van der Waals surface area contributed by atoms with Crippen molar-refractivity contribution in [3.05, 3.63) is 24.0 Å². The monoisotopic (exact) mass is 290 g/mol. The SMILES string of the molecule is CC1CN(C(=O)c2cccn2C2CCNCC2)CCN1C. The first kappa shape index (κ1) is 14.6. The van der Waals surface area contributed by atoms with Gasteiger partial charge in [0.25, 0.3) is 5.91 Å². The molecule has 5 nitrogen and oxygen atoms in total. The van der Waals surface area contributed by atoms with Crippen LogP contribution >= 0.6 is 0 Å². The van der Waals surface area contributed by atoms with Gasteiger partial charge in [0.1, 0.15) is 5.69 Å². The van der Waals surface area contributed by atoms with Crippen LogP contribution in [0.15, 0.2) is 18.3 Å². The van der Waals surface area contributed by atoms with Crippen LogP contribution in [0.2, 0.25) is 0 Å². The van der Waals surface area contributed by atoms with Gasteiger partial charge in [-0.15, -0.1) is 0 Å². The van der Waals surface area contributed by atoms with Crippen molar-refractivity contribution in [1.29, 1.82) is 0 Å². The van der Waals surface area contributed by atoms with E-state index in [0.29, 0.717) is 12.1 Å². The fraction of sp³-hybridized carbons (Fsp3) is 0.688. The molecule has 0 spiro atoms. The zero-order valence-electron chi connectivity index (χ0n) is 13.1. The molecule has 3 rings (SSSR count). The van der Waals surface area contributed by atoms with Crippen LogP contribution in [0.5, 0.6) is 0 Å². The van der Waals surface area contributed by atoms with Crippen LogP contribution in [0.3, 0.4) is 0 Å². The third-order valence-electron chi connectivity index (χ3n) is 4.95. The first-order valence-corrected chi connectivity index (χ1v) is 8.04. The highest BCUT2D eigenvalue weighted by Crippen LogP contribution is 2.22. The summed E-state index contributed by atoms with van der Waals surface area (Å²) in [7, 11) is 2.13. The Morgan fingerprint density at radius 1 is 1.29 bits per heavy atom. The molecular formula is C16H26N4O. The molecule has 0 aliphatic carbocycles. The lowest BCUT2D eigenvalue weighted by atomic mass is 10.1. The molecule has 0 bridgehead atoms. The number of nitrogens with one attached hydrogen (secondary N) is 1. The van der Waals surface area contributed by atoms with Crippen molar-refractivity contribution in [2.75, 3.05) is 39.8 Å². The molecule has 1 aromatic rings. The fourth-order valence-corrected chi connectivity index (χ4v) is 3.37. The van der Waals surface area contributed by atoms with Gasteiger partial charge in [0.2, 0.25) is 0 Å². The maximum atomic E-state index is 12.8. The van der Waals surface area contributed by atoms with Crippen LogP contribution in [0.25, 0.3) is 0 Å². The number of piperidine rings is 1. The molecule has 3 heterocycles. The predicted molar refractivity (Wildman–Crippen MR) is 83.6 cm³/mol. The highest BCUT2D eigenvalue weighted by atomic mass is 16.2. The first-order valence-electron chi connectivity index (χ1n) is 8.04. The van der Waals surface area contributed by atoms with E-state index in [1.807, 2.05) is 17.0 Å². The topological polar surface area (TPSA) is 40.5 Å². The lowest BCUT2D eigenvalue weighted by molar-refractivity contribution is 0.0559. The lowest BCUT2D eigenvalue weighted by Crippen LogP contribution is -2.52. The second kappa shape index (κ2) is 6.20. The number of likely N-dealkylation sites (N-methyl/N-ethyl adjacent to an activating group) is 1. The fourth-order valence-electron chi connectivity index (χ4n) is 3.37. The Morgan fingerprint density at radius 3 is 2.76 bits per heavy atom. The zero-order chi connectivity index (χ0) is 14.8. The standard InChI is InChI=1S/C16H26N4O/c1-13-12-19(11-10-18(13)2)16(21)15-4-3-9-20(15)14-5-7-17-8-6-14/h3-4,9,13-14,17H,5-8,10-12H2,1-2H3. The molecule has 116 valence electrons. The van der Waals surface area contributed by atoms with Crippen LogP contribution in [0, 0.1) is 0 Å². The minimum atomic E-state index is 0.193. The Bertz CT molecular complexity index is 492. The quantitative estimate of drug-likeness (QED) is 0.889. The normalized spacial score (nSPS) is 25.2. The molecule has 2 saturated heterocycles. The average Bonchev–Trinajstić information content (AvgIpc) is 2.99. The van der Waals surface area contributed by atoms with Gasteiger partial charge in [-0.05, 0) is 52.0 Å². The summed E-state index contributed by atoms with van der Waals surface area (Å²) in [6.07, 6.45) is 4.28. The number of piperazine rings is 1. The Morgan fingerprint density at radius 2 is 2.05 bits per heavy atom. The van der Waals surface area contributed by atoms with Crippen LogP contribution < -0.4 is 5.32 Å². The van der Waals surface area contributed by atoms with Gasteiger partial charge < -0.3 is 19.7 Å². The Labute approximate surface area is 126 Å². The van der Waals surface area contributed by atoms with E-state index >= 15 is 0 Å². The number of hydrogen-bond acceptors (Lipinski definition) is 3. The molecule has 1 atom stereocenters. The molecule has 1 aromatic heterocycles. The van der Waals surface area contributed by atoms with E-state index in [4.69, 9.17) is 0 Å². The number of aromatic nitrogens is 1. The summed E-state index contributed by atoms with van der Waals surface area (Å²) in [5.41, 5.74) is 0.860. The minimum Gasteiger partial charge on any atom is -0.340 e. The van der Waals surface area contributed by atoms with Gasteiger partial charge in [0.15, 0.2) is 0 Å². The third-order valence-corrected chi connectivity index (χ3v) is 4.95. The number of amides is 1. The number of nitrogens with zero attached hydrogens (tertiary/aromatic N) is 3. The number of rotatable bonds is 2. The maximum absolute atomic E-state index is 12.8. The van der Waals surface area contributed by atoms with E-state index in [1.54, 1.807) is 0 Å². The molecular weight excluding hydrogens is 264 g/mol. The van der Waals surface area contributed by atoms with E-state index in [2.05, 4.69) is 35.0 Å². The van der Waals surface area contributed by atoms with E-state index < -0.39 is 0 Å². The molecule has 2 aliphatic rings. The van der Waals surface area contributed by atoms with Crippen molar-refractivity contribution >= 4 is 5.91 Å². The largest absolute Gasteiger partial charge is 0.340 e. The van der Waals surface area contributed by atoms with Crippen molar-refractivity contribution in [3.8, 4) is 0 Å². The number of hydrogen-bond donors (Lipinski definition) is 1. The minimum absolute atomic E-state index is 0.193. The van der Waals surface area contributed by atoms with E-state index in [0.717, 1.165) is 51.3 Å². The van der Waals surface area contributed by atoms with Crippen LogP contribution in [0.4, 0.5) is 0 Å². The summed E-state index contributed by atoms with van der Waals surface area (Å²) in [5, 5.41) is 3.39. The lowest BCUT2D eigenvalue weighted by Gasteiger charge is -2.38. The zero-order valence-corrected chi connectivity index (χ0v) is 13.1. The Balaban J connectivity index is 1.74. The summed E-state index contributed by atoms with van der Waals surface area (Å²) in [5.74, 6) is 0.193. The average molecular weight is 290 g/mol. The molecule has 2 fully saturated rings. The molecule has 2 aliphatic heterocycles. The van der Waals surface area contributed by atoms with Gasteiger partial charge in [0, 0.05) is 37.9 Å². The Kier molecular flexibility index (Phi) is 4.31. The summed E-state index contributed by atoms with van der Waals surface area (Å²) in [4.78, 5) is 17.2. The predicted octanol–water partition coefficient (Wildman–Crippen LogP) is 1.19. The van der Waals surface area contributed by atoms with Crippen molar-refractivity contribution in [2.45, 2.75) is 31.8 Å². The van der Waals surface area contributed by atoms with Gasteiger partial charge in [-0.2, -0.15) is 0 Å². The second-order valence-corrected chi connectivity index (χ2v) is 6.36. The molecule has 0 aromatic carbocycles. The Hall–Kier alpha value is -1.33. The highest BCUT2D eigenvalue weighted by molar-refractivity contribution is 5.93. The van der Waals surface area contributed by atoms with Crippen LogP contribution in [-0.2, 0) is 0 Å². The molecule has 0 saturated carbocycles. The smallest absolute Gasteiger partial charge is 0.270 e. The second-order valence-electron chi connectivity index (χ2n) is 6.36. The van der Waals surface area contributed by atoms with Crippen molar-refractivity contribution < 1.29 is 4.79 Å². The van der Waals surface area contributed by atoms with Crippen LogP contribution in [0.1, 0.15) is 36.3 Å². The molecule has 5 heteroatoms. The molecule has 1 N–H and O–H groups in total. The maximum Gasteiger partial charge on any atom is 0.270 e. The summed E-state index contributed by atoms with van der Waals surface area (Å²) >= 11 is 0. The van der Waals surface area contributed by atoms with Crippen molar-refractivity contribution in [3.63, 3.8) is 0 Å². The van der Waals surface area contributed by atoms with Gasteiger partial charge in [0.05, 0.1) is 0 Å². The summed E-state index contributed by atoms with van der Waals surface area (Å²) in [6.45, 7) is 6.89. The molecule has 1 amide bonds. The summed E-state index contributed by atoms with van der Waals surface area (Å²) in [6, 6.07) is 4.89. The summed E-state index contributed by atoms with van der Waals surface area (Å²) < 4.78 is 2.20. The third kappa shape index (κ3) is 2.99. The van der Waals surface area contributed by atoms with Crippen LogP contribution in [-0.4, -0.2) is 66.1 Å². The van der Waals surface area contributed by atoms with Gasteiger partial charge in [-0.1, -0.05) is 0 Å². The molecule has 1 unspecified atom stereocenters. The van der Waals surface area contributed by atoms with Gasteiger partial charge in [-0.25, -0.2) is 0 Å². The van der Waals surface area contributed by atoms with Crippen molar-refractivity contribution in [1.82, 2.24) is 19.7 Å². The number of carbonyl (C=O) groups is 1. The molecule has 0 radical (unpaired) electrons. The van der Waals surface area contributed by atoms with E-state index in [9.17, 15) is 4.79 Å².